The highest BCUT2D eigenvalue weighted by Crippen LogP contribution is 2.31. The van der Waals surface area contributed by atoms with Gasteiger partial charge in [-0.05, 0) is 29.7 Å². The molecule has 2 aromatic carbocycles. The number of rotatable bonds is 7. The Morgan fingerprint density at radius 3 is 2.69 bits per heavy atom. The van der Waals surface area contributed by atoms with Crippen LogP contribution >= 0.6 is 0 Å². The first-order valence-electron chi connectivity index (χ1n) is 8.78. The third kappa shape index (κ3) is 4.51. The van der Waals surface area contributed by atoms with Gasteiger partial charge in [0.05, 0.1) is 18.7 Å². The Hall–Kier alpha value is -3.08. The first kappa shape index (κ1) is 17.7. The van der Waals surface area contributed by atoms with Gasteiger partial charge in [-0.1, -0.05) is 49.4 Å². The van der Waals surface area contributed by atoms with Gasteiger partial charge in [-0.3, -0.25) is 9.48 Å². The summed E-state index contributed by atoms with van der Waals surface area (Å²) in [5.74, 6) is 0.520. The van der Waals surface area contributed by atoms with E-state index in [0.717, 1.165) is 23.2 Å². The van der Waals surface area contributed by atoms with E-state index in [1.807, 2.05) is 53.3 Å². The summed E-state index contributed by atoms with van der Waals surface area (Å²) < 4.78 is 7.75. The van der Waals surface area contributed by atoms with E-state index in [4.69, 9.17) is 4.74 Å². The second-order valence-electron chi connectivity index (χ2n) is 6.14. The van der Waals surface area contributed by atoms with Crippen LogP contribution in [0.15, 0.2) is 60.8 Å². The van der Waals surface area contributed by atoms with Crippen molar-refractivity contribution in [3.8, 4) is 17.0 Å². The van der Waals surface area contributed by atoms with Crippen LogP contribution in [-0.2, 0) is 11.3 Å². The number of nitrogens with zero attached hydrogens (tertiary/aromatic N) is 2. The molecule has 5 heteroatoms. The third-order valence-corrected chi connectivity index (χ3v) is 3.85. The summed E-state index contributed by atoms with van der Waals surface area (Å²) >= 11 is 0. The zero-order valence-corrected chi connectivity index (χ0v) is 15.1. The van der Waals surface area contributed by atoms with Crippen molar-refractivity contribution in [2.45, 2.75) is 26.8 Å². The third-order valence-electron chi connectivity index (χ3n) is 3.85. The van der Waals surface area contributed by atoms with Gasteiger partial charge in [0, 0.05) is 18.8 Å². The number of amides is 1. The molecule has 0 fully saturated rings. The van der Waals surface area contributed by atoms with Crippen molar-refractivity contribution in [1.82, 2.24) is 9.78 Å². The molecule has 134 valence electrons. The molecular formula is C21H23N3O2. The lowest BCUT2D eigenvalue weighted by atomic mass is 10.1. The van der Waals surface area contributed by atoms with Crippen LogP contribution in [0.4, 0.5) is 5.69 Å². The number of carbonyl (C=O) groups excluding carboxylic acids is 1. The molecule has 1 N–H and O–H groups in total. The molecule has 1 aromatic heterocycles. The molecule has 26 heavy (non-hydrogen) atoms. The SMILES string of the molecule is CCCOc1nn(Cc2ccccc2)cc1-c1cccc(NC(C)=O)c1. The summed E-state index contributed by atoms with van der Waals surface area (Å²) in [5.41, 5.74) is 3.81. The molecule has 0 saturated carbocycles. The van der Waals surface area contributed by atoms with Crippen LogP contribution in [0.3, 0.4) is 0 Å². The van der Waals surface area contributed by atoms with Gasteiger partial charge in [0.15, 0.2) is 0 Å². The molecule has 3 rings (SSSR count). The maximum atomic E-state index is 11.3. The maximum Gasteiger partial charge on any atom is 0.240 e. The Morgan fingerprint density at radius 1 is 1.15 bits per heavy atom. The van der Waals surface area contributed by atoms with E-state index in [1.165, 1.54) is 12.5 Å². The summed E-state index contributed by atoms with van der Waals surface area (Å²) in [4.78, 5) is 11.3. The molecule has 0 aliphatic heterocycles. The van der Waals surface area contributed by atoms with Crippen LogP contribution in [0.2, 0.25) is 0 Å². The Bertz CT molecular complexity index is 872. The zero-order valence-electron chi connectivity index (χ0n) is 15.1. The monoisotopic (exact) mass is 349 g/mol. The average Bonchev–Trinajstić information content (AvgIpc) is 3.03. The zero-order chi connectivity index (χ0) is 18.4. The minimum absolute atomic E-state index is 0.0932. The quantitative estimate of drug-likeness (QED) is 0.690. The van der Waals surface area contributed by atoms with E-state index in [2.05, 4.69) is 29.5 Å². The molecule has 0 saturated heterocycles. The van der Waals surface area contributed by atoms with Gasteiger partial charge in [-0.15, -0.1) is 5.10 Å². The van der Waals surface area contributed by atoms with Crippen LogP contribution in [0.1, 0.15) is 25.8 Å². The number of ether oxygens (including phenoxy) is 1. The van der Waals surface area contributed by atoms with Crippen molar-refractivity contribution >= 4 is 11.6 Å². The Morgan fingerprint density at radius 2 is 1.96 bits per heavy atom. The molecule has 1 amide bonds. The van der Waals surface area contributed by atoms with Crippen molar-refractivity contribution < 1.29 is 9.53 Å². The summed E-state index contributed by atoms with van der Waals surface area (Å²) in [5, 5.41) is 7.43. The minimum Gasteiger partial charge on any atom is -0.476 e. The van der Waals surface area contributed by atoms with E-state index in [9.17, 15) is 4.79 Å². The predicted octanol–water partition coefficient (Wildman–Crippen LogP) is 4.35. The van der Waals surface area contributed by atoms with Crippen molar-refractivity contribution in [1.29, 1.82) is 0 Å². The number of carbonyl (C=O) groups is 1. The maximum absolute atomic E-state index is 11.3. The van der Waals surface area contributed by atoms with E-state index < -0.39 is 0 Å². The van der Waals surface area contributed by atoms with Gasteiger partial charge in [-0.25, -0.2) is 0 Å². The molecule has 0 spiro atoms. The van der Waals surface area contributed by atoms with Gasteiger partial charge < -0.3 is 10.1 Å². The van der Waals surface area contributed by atoms with Crippen LogP contribution in [0.25, 0.3) is 11.1 Å². The number of aromatic nitrogens is 2. The van der Waals surface area contributed by atoms with Gasteiger partial charge in [0.2, 0.25) is 11.8 Å². The minimum atomic E-state index is -0.0932. The lowest BCUT2D eigenvalue weighted by Gasteiger charge is -2.06. The molecule has 3 aromatic rings. The van der Waals surface area contributed by atoms with Gasteiger partial charge >= 0.3 is 0 Å². The van der Waals surface area contributed by atoms with E-state index in [-0.39, 0.29) is 5.91 Å². The average molecular weight is 349 g/mol. The lowest BCUT2D eigenvalue weighted by Crippen LogP contribution is -2.05. The Kier molecular flexibility index (Phi) is 5.69. The molecule has 0 aliphatic rings. The smallest absolute Gasteiger partial charge is 0.240 e. The van der Waals surface area contributed by atoms with E-state index in [1.54, 1.807) is 0 Å². The van der Waals surface area contributed by atoms with Crippen LogP contribution in [0.5, 0.6) is 5.88 Å². The fourth-order valence-electron chi connectivity index (χ4n) is 2.73. The van der Waals surface area contributed by atoms with Crippen molar-refractivity contribution in [3.05, 3.63) is 66.4 Å². The Balaban J connectivity index is 1.92. The van der Waals surface area contributed by atoms with Crippen molar-refractivity contribution in [2.75, 3.05) is 11.9 Å². The van der Waals surface area contributed by atoms with Gasteiger partial charge in [-0.2, -0.15) is 0 Å². The van der Waals surface area contributed by atoms with Crippen molar-refractivity contribution in [3.63, 3.8) is 0 Å². The van der Waals surface area contributed by atoms with Crippen LogP contribution in [0, 0.1) is 0 Å². The summed E-state index contributed by atoms with van der Waals surface area (Å²) in [6.07, 6.45) is 2.90. The molecule has 0 aliphatic carbocycles. The van der Waals surface area contributed by atoms with Crippen LogP contribution < -0.4 is 10.1 Å². The second kappa shape index (κ2) is 8.34. The Labute approximate surface area is 153 Å². The second-order valence-corrected chi connectivity index (χ2v) is 6.14. The molecule has 0 bridgehead atoms. The van der Waals surface area contributed by atoms with Gasteiger partial charge in [0.25, 0.3) is 0 Å². The summed E-state index contributed by atoms with van der Waals surface area (Å²) in [7, 11) is 0. The highest BCUT2D eigenvalue weighted by atomic mass is 16.5. The molecule has 0 atom stereocenters. The molecule has 0 unspecified atom stereocenters. The predicted molar refractivity (Wildman–Crippen MR) is 103 cm³/mol. The van der Waals surface area contributed by atoms with Crippen molar-refractivity contribution in [2.24, 2.45) is 0 Å². The molecule has 1 heterocycles. The molecule has 5 nitrogen and oxygen atoms in total. The van der Waals surface area contributed by atoms with E-state index in [0.29, 0.717) is 19.0 Å². The molecular weight excluding hydrogens is 326 g/mol. The lowest BCUT2D eigenvalue weighted by molar-refractivity contribution is -0.114. The van der Waals surface area contributed by atoms with E-state index >= 15 is 0 Å². The standard InChI is InChI=1S/C21H23N3O2/c1-3-12-26-21-20(18-10-7-11-19(13-18)22-16(2)25)15-24(23-21)14-17-8-5-4-6-9-17/h4-11,13,15H,3,12,14H2,1-2H3,(H,22,25). The first-order chi connectivity index (χ1) is 12.7. The topological polar surface area (TPSA) is 56.1 Å². The number of hydrogen-bond acceptors (Lipinski definition) is 3. The highest BCUT2D eigenvalue weighted by Gasteiger charge is 2.13. The fourth-order valence-corrected chi connectivity index (χ4v) is 2.73. The summed E-state index contributed by atoms with van der Waals surface area (Å²) in [6, 6.07) is 17.9. The largest absolute Gasteiger partial charge is 0.476 e. The fraction of sp³-hybridized carbons (Fsp3) is 0.238. The number of hydrogen-bond donors (Lipinski definition) is 1. The highest BCUT2D eigenvalue weighted by molar-refractivity contribution is 5.89. The number of nitrogens with one attached hydrogen (secondary N) is 1. The normalized spacial score (nSPS) is 10.5. The summed E-state index contributed by atoms with van der Waals surface area (Å²) in [6.45, 7) is 4.85. The first-order valence-corrected chi connectivity index (χ1v) is 8.78. The van der Waals surface area contributed by atoms with Crippen LogP contribution in [-0.4, -0.2) is 22.3 Å². The van der Waals surface area contributed by atoms with Gasteiger partial charge in [0.1, 0.15) is 0 Å². The number of anilines is 1. The number of benzene rings is 2. The molecule has 0 radical (unpaired) electrons.